The Kier molecular flexibility index (Phi) is 5.27. The number of carbonyl (C=O) groups excluding carboxylic acids is 1. The van der Waals surface area contributed by atoms with E-state index in [0.717, 1.165) is 10.3 Å². The van der Waals surface area contributed by atoms with Crippen LogP contribution in [0.2, 0.25) is 0 Å². The number of rotatable bonds is 6. The summed E-state index contributed by atoms with van der Waals surface area (Å²) < 4.78 is 0.982. The summed E-state index contributed by atoms with van der Waals surface area (Å²) in [4.78, 5) is 40.6. The fraction of sp³-hybridized carbons (Fsp3) is 0.0526. The van der Waals surface area contributed by atoms with E-state index in [0.29, 0.717) is 0 Å². The van der Waals surface area contributed by atoms with Gasteiger partial charge in [-0.2, -0.15) is 4.73 Å². The van der Waals surface area contributed by atoms with Crippen LogP contribution in [0.15, 0.2) is 77.7 Å². The lowest BCUT2D eigenvalue weighted by Crippen LogP contribution is -2.32. The number of pyridine rings is 1. The molecular weight excluding hydrogens is 350 g/mol. The van der Waals surface area contributed by atoms with Gasteiger partial charge in [-0.15, -0.1) is 0 Å². The van der Waals surface area contributed by atoms with E-state index in [2.05, 4.69) is 5.32 Å². The first kappa shape index (κ1) is 17.9. The van der Waals surface area contributed by atoms with Crippen LogP contribution in [0.25, 0.3) is 0 Å². The van der Waals surface area contributed by atoms with Crippen LogP contribution in [-0.2, 0) is 6.61 Å². The largest absolute Gasteiger partial charge is 0.406 e. The van der Waals surface area contributed by atoms with Gasteiger partial charge in [0, 0.05) is 24.0 Å². The summed E-state index contributed by atoms with van der Waals surface area (Å²) in [7, 11) is 0. The lowest BCUT2D eigenvalue weighted by molar-refractivity contribution is -0.384. The number of nitro benzene ring substituents is 1. The molecule has 136 valence electrons. The van der Waals surface area contributed by atoms with E-state index in [-0.39, 0.29) is 23.5 Å². The summed E-state index contributed by atoms with van der Waals surface area (Å²) in [6.07, 6.45) is 1.41. The topological polar surface area (TPSA) is 103 Å². The number of aromatic nitrogens is 1. The van der Waals surface area contributed by atoms with Crippen molar-refractivity contribution in [1.82, 2.24) is 4.73 Å². The van der Waals surface area contributed by atoms with Crippen molar-refractivity contribution < 1.29 is 14.6 Å². The quantitative estimate of drug-likeness (QED) is 0.534. The average Bonchev–Trinajstić information content (AvgIpc) is 2.68. The Balaban J connectivity index is 1.76. The van der Waals surface area contributed by atoms with Crippen LogP contribution in [0.5, 0.6) is 0 Å². The van der Waals surface area contributed by atoms with E-state index < -0.39 is 16.4 Å². The second kappa shape index (κ2) is 7.96. The van der Waals surface area contributed by atoms with Crippen LogP contribution in [0.4, 0.5) is 11.4 Å². The van der Waals surface area contributed by atoms with Gasteiger partial charge in [-0.05, 0) is 23.8 Å². The minimum atomic E-state index is -0.682. The number of nitro groups is 1. The van der Waals surface area contributed by atoms with Gasteiger partial charge in [-0.25, -0.2) is 0 Å². The standard InChI is InChI=1S/C19H15N3O5/c23-18(20-15-8-4-9-16(12-15)22(25)26)17-10-5-11-21(19(17)24)27-13-14-6-2-1-3-7-14/h1-12H,13H2,(H,20,23). The second-order valence-corrected chi connectivity index (χ2v) is 5.57. The molecule has 0 aliphatic carbocycles. The molecule has 0 bridgehead atoms. The molecule has 0 radical (unpaired) electrons. The first-order valence-electron chi connectivity index (χ1n) is 7.99. The molecule has 8 heteroatoms. The van der Waals surface area contributed by atoms with Crippen LogP contribution in [-0.4, -0.2) is 15.6 Å². The zero-order valence-corrected chi connectivity index (χ0v) is 14.1. The summed E-state index contributed by atoms with van der Waals surface area (Å²) in [6.45, 7) is 0.163. The SMILES string of the molecule is O=C(Nc1cccc([N+](=O)[O-])c1)c1cccn(OCc2ccccc2)c1=O. The van der Waals surface area contributed by atoms with Gasteiger partial charge in [0.2, 0.25) is 0 Å². The number of anilines is 1. The highest BCUT2D eigenvalue weighted by Gasteiger charge is 2.14. The maximum Gasteiger partial charge on any atom is 0.295 e. The van der Waals surface area contributed by atoms with Gasteiger partial charge in [0.15, 0.2) is 0 Å². The maximum absolute atomic E-state index is 12.5. The van der Waals surface area contributed by atoms with Gasteiger partial charge in [0.05, 0.1) is 4.92 Å². The second-order valence-electron chi connectivity index (χ2n) is 5.57. The van der Waals surface area contributed by atoms with Crippen LogP contribution in [0.1, 0.15) is 15.9 Å². The molecule has 8 nitrogen and oxygen atoms in total. The summed E-state index contributed by atoms with van der Waals surface area (Å²) in [5.41, 5.74) is 0.156. The zero-order chi connectivity index (χ0) is 19.2. The number of nitrogens with zero attached hydrogens (tertiary/aromatic N) is 2. The van der Waals surface area contributed by atoms with Crippen molar-refractivity contribution in [2.45, 2.75) is 6.61 Å². The molecule has 1 amide bonds. The zero-order valence-electron chi connectivity index (χ0n) is 14.1. The Morgan fingerprint density at radius 1 is 1.07 bits per heavy atom. The fourth-order valence-corrected chi connectivity index (χ4v) is 2.36. The highest BCUT2D eigenvalue weighted by Crippen LogP contribution is 2.17. The molecule has 0 fully saturated rings. The van der Waals surface area contributed by atoms with Gasteiger partial charge in [-0.1, -0.05) is 36.4 Å². The fourth-order valence-electron chi connectivity index (χ4n) is 2.36. The van der Waals surface area contributed by atoms with Gasteiger partial charge in [-0.3, -0.25) is 19.7 Å². The van der Waals surface area contributed by atoms with Crippen molar-refractivity contribution in [3.63, 3.8) is 0 Å². The van der Waals surface area contributed by atoms with Gasteiger partial charge in [0.25, 0.3) is 17.2 Å². The number of benzene rings is 2. The van der Waals surface area contributed by atoms with Crippen LogP contribution < -0.4 is 15.7 Å². The molecular formula is C19H15N3O5. The Morgan fingerprint density at radius 2 is 1.85 bits per heavy atom. The number of amides is 1. The maximum atomic E-state index is 12.5. The molecule has 27 heavy (non-hydrogen) atoms. The molecule has 3 aromatic rings. The summed E-state index contributed by atoms with van der Waals surface area (Å²) in [5, 5.41) is 13.3. The molecule has 0 aliphatic rings. The van der Waals surface area contributed by atoms with E-state index in [1.807, 2.05) is 30.3 Å². The molecule has 0 saturated carbocycles. The predicted octanol–water partition coefficient (Wildman–Crippen LogP) is 2.64. The summed E-state index contributed by atoms with van der Waals surface area (Å²) >= 11 is 0. The minimum Gasteiger partial charge on any atom is -0.406 e. The van der Waals surface area contributed by atoms with E-state index in [1.54, 1.807) is 0 Å². The van der Waals surface area contributed by atoms with E-state index in [4.69, 9.17) is 4.84 Å². The van der Waals surface area contributed by atoms with Crippen molar-refractivity contribution >= 4 is 17.3 Å². The Bertz CT molecular complexity index is 1030. The highest BCUT2D eigenvalue weighted by atomic mass is 16.7. The first-order chi connectivity index (χ1) is 13.0. The third kappa shape index (κ3) is 4.37. The van der Waals surface area contributed by atoms with Crippen molar-refractivity contribution in [3.05, 3.63) is 105 Å². The van der Waals surface area contributed by atoms with E-state index in [9.17, 15) is 19.7 Å². The number of carbonyl (C=O) groups is 1. The molecule has 3 rings (SSSR count). The predicted molar refractivity (Wildman–Crippen MR) is 98.5 cm³/mol. The van der Waals surface area contributed by atoms with Crippen molar-refractivity contribution in [3.8, 4) is 0 Å². The van der Waals surface area contributed by atoms with Crippen LogP contribution >= 0.6 is 0 Å². The molecule has 1 aromatic heterocycles. The lowest BCUT2D eigenvalue weighted by Gasteiger charge is -2.10. The van der Waals surface area contributed by atoms with Crippen molar-refractivity contribution in [2.24, 2.45) is 0 Å². The van der Waals surface area contributed by atoms with Gasteiger partial charge >= 0.3 is 0 Å². The molecule has 0 saturated heterocycles. The van der Waals surface area contributed by atoms with Gasteiger partial charge in [0.1, 0.15) is 12.2 Å². The smallest absolute Gasteiger partial charge is 0.295 e. The first-order valence-corrected chi connectivity index (χ1v) is 7.99. The summed E-state index contributed by atoms with van der Waals surface area (Å²) in [6, 6.07) is 17.6. The monoisotopic (exact) mass is 365 g/mol. The number of nitrogens with one attached hydrogen (secondary N) is 1. The van der Waals surface area contributed by atoms with Crippen molar-refractivity contribution in [2.75, 3.05) is 5.32 Å². The summed E-state index contributed by atoms with van der Waals surface area (Å²) in [5.74, 6) is -0.682. The van der Waals surface area contributed by atoms with E-state index >= 15 is 0 Å². The molecule has 1 N–H and O–H groups in total. The third-order valence-corrected chi connectivity index (χ3v) is 3.69. The molecule has 0 atom stereocenters. The molecule has 0 unspecified atom stereocenters. The van der Waals surface area contributed by atoms with Crippen LogP contribution in [0, 0.1) is 10.1 Å². The Morgan fingerprint density at radius 3 is 2.59 bits per heavy atom. The number of hydrogen-bond acceptors (Lipinski definition) is 5. The normalized spacial score (nSPS) is 10.2. The van der Waals surface area contributed by atoms with Gasteiger partial charge < -0.3 is 10.2 Å². The lowest BCUT2D eigenvalue weighted by atomic mass is 10.2. The minimum absolute atomic E-state index is 0.142. The Hall–Kier alpha value is -3.94. The molecule has 2 aromatic carbocycles. The molecule has 0 spiro atoms. The van der Waals surface area contributed by atoms with Crippen LogP contribution in [0.3, 0.4) is 0 Å². The molecule has 1 heterocycles. The highest BCUT2D eigenvalue weighted by molar-refractivity contribution is 6.04. The van der Waals surface area contributed by atoms with E-state index in [1.165, 1.54) is 42.6 Å². The average molecular weight is 365 g/mol. The molecule has 0 aliphatic heterocycles. The Labute approximate surface area is 153 Å². The third-order valence-electron chi connectivity index (χ3n) is 3.69. The number of non-ortho nitro benzene ring substituents is 1. The van der Waals surface area contributed by atoms with Crippen molar-refractivity contribution in [1.29, 1.82) is 0 Å². The number of hydrogen-bond donors (Lipinski definition) is 1.